The lowest BCUT2D eigenvalue weighted by molar-refractivity contribution is -0.137. The molecule has 0 radical (unpaired) electrons. The molecule has 8 heteroatoms. The number of ketones is 1. The molecular formula is C32H32N4O4. The summed E-state index contributed by atoms with van der Waals surface area (Å²) < 4.78 is 0. The molecule has 0 aromatic carbocycles. The normalized spacial score (nSPS) is 26.4. The minimum absolute atomic E-state index is 0.0222. The molecule has 2 atom stereocenters. The average Bonchev–Trinajstić information content (AvgIpc) is 3.65. The van der Waals surface area contributed by atoms with Gasteiger partial charge >= 0.3 is 5.97 Å². The van der Waals surface area contributed by atoms with E-state index in [1.165, 1.54) is 0 Å². The SMILES string of the molecule is CCC1=C(C)C2=CC3=NC(=C(C)/C3=C/O)C=C3NC(=C4CC(=O)C5=C(C)C(=CC1=N2)N=C45)[C@@H](CCC(=O)O)[C@@H]3C. The van der Waals surface area contributed by atoms with Crippen LogP contribution in [0.4, 0.5) is 0 Å². The monoisotopic (exact) mass is 536 g/mol. The van der Waals surface area contributed by atoms with Crippen molar-refractivity contribution >= 4 is 28.9 Å². The van der Waals surface area contributed by atoms with Crippen LogP contribution in [0.2, 0.25) is 0 Å². The molecule has 8 bridgehead atoms. The van der Waals surface area contributed by atoms with E-state index >= 15 is 0 Å². The fraction of sp³-hybridized carbons (Fsp3) is 0.344. The molecule has 6 aliphatic rings. The first kappa shape index (κ1) is 25.9. The quantitative estimate of drug-likeness (QED) is 0.397. The van der Waals surface area contributed by atoms with Gasteiger partial charge in [-0.25, -0.2) is 15.0 Å². The number of hydrogen-bond donors (Lipinski definition) is 3. The number of carboxylic acids is 1. The second-order valence-electron chi connectivity index (χ2n) is 11.1. The van der Waals surface area contributed by atoms with Crippen molar-refractivity contribution in [2.45, 2.75) is 60.3 Å². The van der Waals surface area contributed by atoms with E-state index in [0.29, 0.717) is 29.0 Å². The molecule has 0 spiro atoms. The third-order valence-corrected chi connectivity index (χ3v) is 8.88. The average molecular weight is 537 g/mol. The summed E-state index contributed by atoms with van der Waals surface area (Å²) in [6.45, 7) is 10.1. The molecule has 1 saturated carbocycles. The van der Waals surface area contributed by atoms with E-state index < -0.39 is 5.97 Å². The standard InChI is InChI=1S/C32H32N4O4/c1-6-18-14(2)23-11-27-21(13-37)16(4)22(34-27)10-24-15(3)19(7-8-29(39)40)31(35-24)20-9-28(38)30-17(5)25(36-32(20)30)12-26(18)33-23/h10-13,15,19,35,37H,6-9H2,1-5H3,(H,39,40)/b21-13-,23-11?,24-10?,25-12?,31-20?/t15-,19-/m0/s1. The van der Waals surface area contributed by atoms with Gasteiger partial charge in [-0.3, -0.25) is 9.59 Å². The molecule has 5 aliphatic heterocycles. The maximum atomic E-state index is 13.3. The number of aliphatic imine (C=N–C) groups is 3. The molecule has 2 fully saturated rings. The largest absolute Gasteiger partial charge is 0.515 e. The minimum Gasteiger partial charge on any atom is -0.515 e. The second-order valence-corrected chi connectivity index (χ2v) is 11.1. The van der Waals surface area contributed by atoms with Crippen molar-refractivity contribution in [1.82, 2.24) is 5.32 Å². The molecule has 0 aromatic rings. The second kappa shape index (κ2) is 9.40. The summed E-state index contributed by atoms with van der Waals surface area (Å²) >= 11 is 0. The lowest BCUT2D eigenvalue weighted by Crippen LogP contribution is -2.14. The van der Waals surface area contributed by atoms with Crippen LogP contribution < -0.4 is 5.32 Å². The first-order valence-corrected chi connectivity index (χ1v) is 13.8. The van der Waals surface area contributed by atoms with Crippen LogP contribution in [0.25, 0.3) is 0 Å². The van der Waals surface area contributed by atoms with Crippen LogP contribution in [0, 0.1) is 11.8 Å². The van der Waals surface area contributed by atoms with Crippen LogP contribution in [0.3, 0.4) is 0 Å². The van der Waals surface area contributed by atoms with Gasteiger partial charge in [0, 0.05) is 52.8 Å². The zero-order valence-electron chi connectivity index (χ0n) is 23.3. The molecular weight excluding hydrogens is 504 g/mol. The summed E-state index contributed by atoms with van der Waals surface area (Å²) in [5.41, 5.74) is 12.1. The fourth-order valence-electron chi connectivity index (χ4n) is 6.55. The van der Waals surface area contributed by atoms with Crippen LogP contribution in [-0.4, -0.2) is 39.1 Å². The highest BCUT2D eigenvalue weighted by Gasteiger charge is 2.43. The highest BCUT2D eigenvalue weighted by Crippen LogP contribution is 2.45. The minimum atomic E-state index is -0.852. The van der Waals surface area contributed by atoms with Crippen molar-refractivity contribution < 1.29 is 19.8 Å². The predicted molar refractivity (Wildman–Crippen MR) is 155 cm³/mol. The first-order valence-electron chi connectivity index (χ1n) is 13.8. The molecule has 0 aromatic heterocycles. The van der Waals surface area contributed by atoms with Gasteiger partial charge in [0.05, 0.1) is 40.5 Å². The van der Waals surface area contributed by atoms with E-state index in [1.807, 2.05) is 39.0 Å². The Hall–Kier alpha value is -4.33. The highest BCUT2D eigenvalue weighted by molar-refractivity contribution is 6.38. The number of carbonyl (C=O) groups is 2. The molecule has 3 N–H and O–H groups in total. The Morgan fingerprint density at radius 1 is 1.05 bits per heavy atom. The van der Waals surface area contributed by atoms with Crippen LogP contribution in [0.5, 0.6) is 0 Å². The van der Waals surface area contributed by atoms with Crippen LogP contribution in [0.15, 0.2) is 107 Å². The maximum Gasteiger partial charge on any atom is 0.303 e. The Morgan fingerprint density at radius 3 is 2.48 bits per heavy atom. The molecule has 0 unspecified atom stereocenters. The number of hydrogen-bond acceptors (Lipinski definition) is 7. The Bertz CT molecular complexity index is 1660. The van der Waals surface area contributed by atoms with Crippen molar-refractivity contribution in [3.05, 3.63) is 92.0 Å². The van der Waals surface area contributed by atoms with Gasteiger partial charge in [0.2, 0.25) is 0 Å². The molecule has 8 nitrogen and oxygen atoms in total. The van der Waals surface area contributed by atoms with E-state index in [-0.39, 0.29) is 30.5 Å². The van der Waals surface area contributed by atoms with Crippen LogP contribution >= 0.6 is 0 Å². The van der Waals surface area contributed by atoms with E-state index in [1.54, 1.807) is 0 Å². The molecule has 0 amide bonds. The van der Waals surface area contributed by atoms with E-state index in [2.05, 4.69) is 19.2 Å². The van der Waals surface area contributed by atoms with Gasteiger partial charge in [0.1, 0.15) is 0 Å². The number of rotatable bonds is 4. The zero-order valence-corrected chi connectivity index (χ0v) is 23.3. The third-order valence-electron chi connectivity index (χ3n) is 8.88. The number of Topliss-reactive ketones (excluding diaryl/α,β-unsaturated/α-hetero) is 1. The van der Waals surface area contributed by atoms with Crippen LogP contribution in [0.1, 0.15) is 60.3 Å². The van der Waals surface area contributed by atoms with Gasteiger partial charge in [-0.05, 0) is 74.1 Å². The van der Waals surface area contributed by atoms with Crippen LogP contribution in [-0.2, 0) is 9.59 Å². The van der Waals surface area contributed by atoms with Gasteiger partial charge in [-0.15, -0.1) is 0 Å². The predicted octanol–water partition coefficient (Wildman–Crippen LogP) is 5.72. The Morgan fingerprint density at radius 2 is 1.77 bits per heavy atom. The van der Waals surface area contributed by atoms with Gasteiger partial charge in [0.25, 0.3) is 0 Å². The number of nitrogens with zero attached hydrogens (tertiary/aromatic N) is 3. The zero-order chi connectivity index (χ0) is 28.5. The summed E-state index contributed by atoms with van der Waals surface area (Å²) in [5, 5.41) is 23.2. The molecule has 40 heavy (non-hydrogen) atoms. The van der Waals surface area contributed by atoms with Gasteiger partial charge in [0.15, 0.2) is 5.78 Å². The Labute approximate surface area is 233 Å². The smallest absolute Gasteiger partial charge is 0.303 e. The van der Waals surface area contributed by atoms with Gasteiger partial charge in [-0.2, -0.15) is 0 Å². The molecule has 5 heterocycles. The highest BCUT2D eigenvalue weighted by atomic mass is 16.4. The summed E-state index contributed by atoms with van der Waals surface area (Å²) in [6, 6.07) is 0. The summed E-state index contributed by atoms with van der Waals surface area (Å²) in [4.78, 5) is 39.7. The van der Waals surface area contributed by atoms with Crippen molar-refractivity contribution in [1.29, 1.82) is 0 Å². The number of nitrogens with one attached hydrogen (secondary N) is 1. The fourth-order valence-corrected chi connectivity index (χ4v) is 6.55. The lowest BCUT2D eigenvalue weighted by Gasteiger charge is -2.16. The summed E-state index contributed by atoms with van der Waals surface area (Å²) in [7, 11) is 0. The molecule has 6 rings (SSSR count). The number of carbonyl (C=O) groups excluding carboxylic acids is 1. The van der Waals surface area contributed by atoms with E-state index in [0.717, 1.165) is 74.7 Å². The lowest BCUT2D eigenvalue weighted by atomic mass is 9.86. The number of aliphatic hydroxyl groups excluding tert-OH is 1. The van der Waals surface area contributed by atoms with Crippen molar-refractivity contribution in [2.75, 3.05) is 0 Å². The van der Waals surface area contributed by atoms with E-state index in [4.69, 9.17) is 15.0 Å². The van der Waals surface area contributed by atoms with E-state index in [9.17, 15) is 19.8 Å². The topological polar surface area (TPSA) is 124 Å². The van der Waals surface area contributed by atoms with Crippen molar-refractivity contribution in [3.8, 4) is 0 Å². The van der Waals surface area contributed by atoms with Crippen molar-refractivity contribution in [3.63, 3.8) is 0 Å². The van der Waals surface area contributed by atoms with Crippen molar-refractivity contribution in [2.24, 2.45) is 26.8 Å². The summed E-state index contributed by atoms with van der Waals surface area (Å²) in [5.74, 6) is -0.966. The maximum absolute atomic E-state index is 13.3. The molecule has 1 aliphatic carbocycles. The van der Waals surface area contributed by atoms with Gasteiger partial charge in [-0.1, -0.05) is 13.8 Å². The number of aliphatic carboxylic acids is 1. The molecule has 1 saturated heterocycles. The first-order chi connectivity index (χ1) is 19.1. The number of fused-ring (bicyclic) bond motifs is 5. The summed E-state index contributed by atoms with van der Waals surface area (Å²) in [6.07, 6.45) is 8.42. The number of carboxylic acid groups (broad SMARTS) is 1. The molecule has 204 valence electrons. The Kier molecular flexibility index (Phi) is 6.09. The number of allylic oxidation sites excluding steroid dienone is 12. The Balaban J connectivity index is 1.62. The number of aliphatic hydroxyl groups is 1. The van der Waals surface area contributed by atoms with Gasteiger partial charge < -0.3 is 15.5 Å². The third kappa shape index (κ3) is 3.85.